The second kappa shape index (κ2) is 13.9. The van der Waals surface area contributed by atoms with Gasteiger partial charge in [0.1, 0.15) is 17.9 Å². The number of halogens is 2. The Balaban J connectivity index is 1.23. The van der Waals surface area contributed by atoms with Crippen molar-refractivity contribution < 1.29 is 28.2 Å². The lowest BCUT2D eigenvalue weighted by Gasteiger charge is -2.38. The van der Waals surface area contributed by atoms with Crippen LogP contribution in [0.4, 0.5) is 9.18 Å². The lowest BCUT2D eigenvalue weighted by molar-refractivity contribution is -0.146. The van der Waals surface area contributed by atoms with Gasteiger partial charge in [-0.2, -0.15) is 0 Å². The Bertz CT molecular complexity index is 1590. The smallest absolute Gasteiger partial charge is 0.338 e. The van der Waals surface area contributed by atoms with Gasteiger partial charge in [0.15, 0.2) is 10.8 Å². The van der Waals surface area contributed by atoms with Gasteiger partial charge in [0.05, 0.1) is 25.8 Å². The van der Waals surface area contributed by atoms with E-state index in [0.29, 0.717) is 73.7 Å². The van der Waals surface area contributed by atoms with Gasteiger partial charge in [-0.1, -0.05) is 31.5 Å². The molecule has 0 radical (unpaired) electrons. The number of aliphatic imine (C=N–C) groups is 1. The maximum Gasteiger partial charge on any atom is 0.338 e. The van der Waals surface area contributed by atoms with Gasteiger partial charge in [-0.3, -0.25) is 19.6 Å². The van der Waals surface area contributed by atoms with E-state index in [0.717, 1.165) is 6.54 Å². The van der Waals surface area contributed by atoms with Gasteiger partial charge < -0.3 is 24.6 Å². The molecule has 2 amide bonds. The van der Waals surface area contributed by atoms with Crippen LogP contribution in [0.3, 0.4) is 0 Å². The van der Waals surface area contributed by atoms with Crippen LogP contribution in [-0.2, 0) is 19.1 Å². The molecule has 12 nitrogen and oxygen atoms in total. The van der Waals surface area contributed by atoms with E-state index in [4.69, 9.17) is 26.1 Å². The van der Waals surface area contributed by atoms with Crippen LogP contribution in [0.2, 0.25) is 5.02 Å². The number of likely N-dealkylation sites (tertiary alicyclic amines) is 1. The summed E-state index contributed by atoms with van der Waals surface area (Å²) in [7, 11) is 2.72. The van der Waals surface area contributed by atoms with Gasteiger partial charge in [0.25, 0.3) is 0 Å². The number of ether oxygens (including phenoxy) is 2. The number of amides is 2. The molecule has 0 bridgehead atoms. The Morgan fingerprint density at radius 2 is 1.94 bits per heavy atom. The highest BCUT2D eigenvalue weighted by atomic mass is 35.5. The van der Waals surface area contributed by atoms with E-state index in [2.05, 4.69) is 33.9 Å². The van der Waals surface area contributed by atoms with E-state index in [-0.39, 0.29) is 40.7 Å². The Morgan fingerprint density at radius 1 is 1.13 bits per heavy atom. The topological polar surface area (TPSA) is 120 Å². The van der Waals surface area contributed by atoms with Crippen LogP contribution in [0.15, 0.2) is 46.0 Å². The van der Waals surface area contributed by atoms with Crippen molar-refractivity contribution in [3.8, 4) is 0 Å². The number of rotatable bonds is 9. The lowest BCUT2D eigenvalue weighted by Crippen LogP contribution is -2.53. The van der Waals surface area contributed by atoms with Gasteiger partial charge in [-0.05, 0) is 24.5 Å². The Kier molecular flexibility index (Phi) is 9.83. The largest absolute Gasteiger partial charge is 0.468 e. The number of benzene rings is 1. The molecule has 6 rings (SSSR count). The molecule has 4 atom stereocenters. The first-order chi connectivity index (χ1) is 22.6. The number of carbonyl (C=O) groups excluding carboxylic acids is 3. The Morgan fingerprint density at radius 3 is 2.62 bits per heavy atom. The minimum atomic E-state index is -0.852. The third kappa shape index (κ3) is 6.73. The first-order valence-corrected chi connectivity index (χ1v) is 17.0. The van der Waals surface area contributed by atoms with Crippen LogP contribution >= 0.6 is 22.9 Å². The van der Waals surface area contributed by atoms with Crippen LogP contribution in [0.5, 0.6) is 0 Å². The normalized spacial score (nSPS) is 25.3. The van der Waals surface area contributed by atoms with E-state index in [1.807, 2.05) is 15.2 Å². The number of methoxy groups -OCH3 is 2. The summed E-state index contributed by atoms with van der Waals surface area (Å²) in [5.74, 6) is -0.495. The number of hydrogen-bond donors (Lipinski definition) is 1. The minimum absolute atomic E-state index is 0.0101. The average molecular weight is 688 g/mol. The third-order valence-corrected chi connectivity index (χ3v) is 10.3. The van der Waals surface area contributed by atoms with Gasteiger partial charge in [0.2, 0.25) is 0 Å². The van der Waals surface area contributed by atoms with Crippen LogP contribution in [-0.4, -0.2) is 127 Å². The third-order valence-electron chi connectivity index (χ3n) is 9.17. The van der Waals surface area contributed by atoms with Gasteiger partial charge in [0, 0.05) is 79.7 Å². The highest BCUT2D eigenvalue weighted by molar-refractivity contribution is 7.11. The zero-order valence-corrected chi connectivity index (χ0v) is 28.4. The molecule has 2 aromatic rings. The first kappa shape index (κ1) is 33.3. The van der Waals surface area contributed by atoms with Crippen molar-refractivity contribution in [2.24, 2.45) is 10.9 Å². The number of hydrogen-bond acceptors (Lipinski definition) is 11. The Labute approximate surface area is 282 Å². The summed E-state index contributed by atoms with van der Waals surface area (Å²) in [6.07, 6.45) is 2.21. The highest BCUT2D eigenvalue weighted by Crippen LogP contribution is 2.37. The quantitative estimate of drug-likeness (QED) is 0.397. The molecule has 5 heterocycles. The summed E-state index contributed by atoms with van der Waals surface area (Å²) in [6, 6.07) is 2.64. The van der Waals surface area contributed by atoms with Crippen molar-refractivity contribution in [2.75, 3.05) is 60.0 Å². The van der Waals surface area contributed by atoms with Crippen LogP contribution in [0, 0.1) is 11.7 Å². The van der Waals surface area contributed by atoms with Gasteiger partial charge in [-0.25, -0.2) is 19.0 Å². The number of thiazole rings is 1. The zero-order valence-electron chi connectivity index (χ0n) is 26.8. The monoisotopic (exact) mass is 687 g/mol. The van der Waals surface area contributed by atoms with E-state index < -0.39 is 17.8 Å². The minimum Gasteiger partial charge on any atom is -0.468 e. The number of carbonyl (C=O) groups is 3. The number of esters is 2. The summed E-state index contributed by atoms with van der Waals surface area (Å²) < 4.78 is 24.3. The molecule has 1 aromatic heterocycles. The van der Waals surface area contributed by atoms with Gasteiger partial charge in [-0.15, -0.1) is 11.3 Å². The molecule has 4 aliphatic heterocycles. The Hall–Kier alpha value is -3.59. The predicted molar refractivity (Wildman–Crippen MR) is 175 cm³/mol. The zero-order chi connectivity index (χ0) is 33.4. The number of aromatic nitrogens is 1. The summed E-state index contributed by atoms with van der Waals surface area (Å²) >= 11 is 7.90. The fourth-order valence-corrected chi connectivity index (χ4v) is 7.95. The van der Waals surface area contributed by atoms with E-state index in [1.165, 1.54) is 43.8 Å². The van der Waals surface area contributed by atoms with Gasteiger partial charge >= 0.3 is 18.0 Å². The van der Waals surface area contributed by atoms with Crippen LogP contribution in [0.1, 0.15) is 36.9 Å². The SMILES string of the molecule is COC(=O)C1=C(CN2CCN3C(=O)N([C@H]4C[C@H](C(=O)OC)N(CC(C)C)C4)C[C@@H]3C2)NC(c2nccs2)=N[C@H]1c1ccc(F)cc1Cl. The maximum atomic E-state index is 14.0. The second-order valence-electron chi connectivity index (χ2n) is 12.7. The number of nitrogens with zero attached hydrogens (tertiary/aromatic N) is 6. The second-order valence-corrected chi connectivity index (χ2v) is 14.0. The van der Waals surface area contributed by atoms with E-state index >= 15 is 0 Å². The summed E-state index contributed by atoms with van der Waals surface area (Å²) in [4.78, 5) is 57.0. The number of amidine groups is 1. The molecule has 0 spiro atoms. The van der Waals surface area contributed by atoms with E-state index in [9.17, 15) is 18.8 Å². The van der Waals surface area contributed by atoms with Crippen molar-refractivity contribution >= 4 is 46.7 Å². The number of nitrogens with one attached hydrogen (secondary N) is 1. The van der Waals surface area contributed by atoms with Crippen molar-refractivity contribution in [1.29, 1.82) is 0 Å². The van der Waals surface area contributed by atoms with Crippen molar-refractivity contribution in [1.82, 2.24) is 29.9 Å². The molecule has 1 N–H and O–H groups in total. The number of piperazine rings is 1. The van der Waals surface area contributed by atoms with Crippen molar-refractivity contribution in [2.45, 2.75) is 44.4 Å². The maximum absolute atomic E-state index is 14.0. The standard InChI is InChI=1S/C32H39ClFN7O5S/c1-18(2)13-39-15-20(12-25(39)30(42)45-3)41-16-21-14-38(8-9-40(21)32(41)44)17-24-26(31(43)46-4)27(22-6-5-19(34)11-23(22)33)37-28(36-24)29-35-7-10-47-29/h5-7,10-11,18,20-21,25,27H,8-9,12-17H2,1-4H3,(H,36,37)/t20-,21-,25+,27-/m0/s1. The van der Waals surface area contributed by atoms with Crippen LogP contribution < -0.4 is 5.32 Å². The summed E-state index contributed by atoms with van der Waals surface area (Å²) in [6.45, 7) is 8.17. The molecule has 3 fully saturated rings. The lowest BCUT2D eigenvalue weighted by atomic mass is 9.95. The van der Waals surface area contributed by atoms with Crippen LogP contribution in [0.25, 0.3) is 0 Å². The van der Waals surface area contributed by atoms with Crippen molar-refractivity contribution in [3.05, 3.63) is 62.5 Å². The highest BCUT2D eigenvalue weighted by Gasteiger charge is 2.48. The number of fused-ring (bicyclic) bond motifs is 1. The molecule has 0 unspecified atom stereocenters. The molecular weight excluding hydrogens is 649 g/mol. The molecule has 3 saturated heterocycles. The molecule has 15 heteroatoms. The molecule has 4 aliphatic rings. The molecular formula is C32H39ClFN7O5S. The molecule has 252 valence electrons. The fraction of sp³-hybridized carbons (Fsp3) is 0.531. The fourth-order valence-electron chi connectivity index (χ4n) is 7.10. The molecule has 1 aromatic carbocycles. The first-order valence-electron chi connectivity index (χ1n) is 15.7. The van der Waals surface area contributed by atoms with E-state index in [1.54, 1.807) is 6.20 Å². The summed E-state index contributed by atoms with van der Waals surface area (Å²) in [5, 5.41) is 5.95. The molecule has 0 saturated carbocycles. The molecule has 47 heavy (non-hydrogen) atoms. The predicted octanol–water partition coefficient (Wildman–Crippen LogP) is 3.15. The van der Waals surface area contributed by atoms with Crippen molar-refractivity contribution in [3.63, 3.8) is 0 Å². The number of urea groups is 1. The summed E-state index contributed by atoms with van der Waals surface area (Å²) in [5.41, 5.74) is 1.33. The molecule has 0 aliphatic carbocycles. The average Bonchev–Trinajstić information content (AvgIpc) is 3.79.